The molecule has 1 amide bonds. The third kappa shape index (κ3) is 6.20. The third-order valence-corrected chi connectivity index (χ3v) is 5.97. The fourth-order valence-electron chi connectivity index (χ4n) is 3.95. The maximum absolute atomic E-state index is 13.3. The highest BCUT2D eigenvalue weighted by molar-refractivity contribution is 5.99. The zero-order valence-electron chi connectivity index (χ0n) is 20.8. The van der Waals surface area contributed by atoms with Crippen LogP contribution < -0.4 is 22.1 Å². The van der Waals surface area contributed by atoms with Crippen molar-refractivity contribution in [2.75, 3.05) is 23.7 Å². The summed E-state index contributed by atoms with van der Waals surface area (Å²) in [6.45, 7) is 0.909. The molecule has 0 fully saturated rings. The molecule has 12 nitrogen and oxygen atoms in total. The van der Waals surface area contributed by atoms with Gasteiger partial charge in [-0.1, -0.05) is 18.6 Å². The molecule has 196 valence electrons. The molecule has 0 aliphatic carbocycles. The van der Waals surface area contributed by atoms with E-state index in [9.17, 15) is 9.59 Å². The SMILES string of the molecule is N#CCCNc1nonc1-c1nc2ccccc2n1CC(=O)c1ccc(NC(=O)[C@H](N)CCCCN)cc1. The molecule has 12 heteroatoms. The normalized spacial score (nSPS) is 11.7. The molecule has 6 N–H and O–H groups in total. The zero-order valence-corrected chi connectivity index (χ0v) is 20.8. The van der Waals surface area contributed by atoms with E-state index in [0.29, 0.717) is 53.6 Å². The number of amides is 1. The number of anilines is 2. The summed E-state index contributed by atoms with van der Waals surface area (Å²) in [5, 5.41) is 22.5. The minimum atomic E-state index is -0.624. The van der Waals surface area contributed by atoms with E-state index < -0.39 is 6.04 Å². The van der Waals surface area contributed by atoms with Crippen LogP contribution >= 0.6 is 0 Å². The first kappa shape index (κ1) is 26.5. The number of fused-ring (bicyclic) bond motifs is 1. The van der Waals surface area contributed by atoms with Crippen LogP contribution in [0.2, 0.25) is 0 Å². The maximum atomic E-state index is 13.3. The van der Waals surface area contributed by atoms with Crippen LogP contribution in [0.4, 0.5) is 11.5 Å². The third-order valence-electron chi connectivity index (χ3n) is 5.97. The Kier molecular flexibility index (Phi) is 8.76. The smallest absolute Gasteiger partial charge is 0.241 e. The highest BCUT2D eigenvalue weighted by Gasteiger charge is 2.22. The standard InChI is InChI=1S/C26H29N9O3/c27-13-4-3-6-19(29)26(37)31-18-11-9-17(10-12-18)22(36)16-35-21-8-2-1-7-20(21)32-25(35)23-24(34-38-33-23)30-15-5-14-28/h1-2,7-12,19H,3-6,13,15-16,27,29H2,(H,30,34)(H,31,37)/t19-/m1/s1. The number of rotatable bonds is 13. The van der Waals surface area contributed by atoms with E-state index in [1.807, 2.05) is 24.3 Å². The summed E-state index contributed by atoms with van der Waals surface area (Å²) in [6.07, 6.45) is 2.43. The molecule has 2 heterocycles. The Bertz CT molecular complexity index is 1440. The second-order valence-corrected chi connectivity index (χ2v) is 8.69. The van der Waals surface area contributed by atoms with Crippen LogP contribution in [-0.2, 0) is 11.3 Å². The Hall–Kier alpha value is -4.60. The second-order valence-electron chi connectivity index (χ2n) is 8.69. The molecule has 0 unspecified atom stereocenters. The molecule has 1 atom stereocenters. The lowest BCUT2D eigenvalue weighted by atomic mass is 10.1. The van der Waals surface area contributed by atoms with E-state index in [2.05, 4.69) is 32.0 Å². The Morgan fingerprint density at radius 2 is 1.89 bits per heavy atom. The summed E-state index contributed by atoms with van der Waals surface area (Å²) in [4.78, 5) is 30.3. The lowest BCUT2D eigenvalue weighted by Crippen LogP contribution is -2.35. The maximum Gasteiger partial charge on any atom is 0.241 e. The van der Waals surface area contributed by atoms with Crippen LogP contribution in [0, 0.1) is 11.3 Å². The van der Waals surface area contributed by atoms with Crippen LogP contribution in [0.25, 0.3) is 22.6 Å². The number of carbonyl (C=O) groups excluding carboxylic acids is 2. The van der Waals surface area contributed by atoms with Crippen LogP contribution in [-0.4, -0.2) is 50.7 Å². The van der Waals surface area contributed by atoms with E-state index in [0.717, 1.165) is 18.4 Å². The molecule has 0 spiro atoms. The molecule has 4 rings (SSSR count). The van der Waals surface area contributed by atoms with Crippen molar-refractivity contribution < 1.29 is 14.2 Å². The molecular weight excluding hydrogens is 486 g/mol. The number of Topliss-reactive ketones (excluding diaryl/α,β-unsaturated/α-hetero) is 1. The molecule has 0 saturated carbocycles. The Morgan fingerprint density at radius 1 is 1.11 bits per heavy atom. The largest absolute Gasteiger partial charge is 0.364 e. The van der Waals surface area contributed by atoms with Gasteiger partial charge in [-0.2, -0.15) is 5.26 Å². The second kappa shape index (κ2) is 12.6. The van der Waals surface area contributed by atoms with Crippen molar-refractivity contribution in [3.8, 4) is 17.6 Å². The summed E-state index contributed by atoms with van der Waals surface area (Å²) < 4.78 is 6.68. The first-order valence-corrected chi connectivity index (χ1v) is 12.3. The lowest BCUT2D eigenvalue weighted by molar-refractivity contribution is -0.117. The molecule has 38 heavy (non-hydrogen) atoms. The first-order chi connectivity index (χ1) is 18.5. The van der Waals surface area contributed by atoms with Gasteiger partial charge in [0, 0.05) is 17.8 Å². The molecule has 0 aliphatic rings. The average Bonchev–Trinajstić information content (AvgIpc) is 3.53. The predicted octanol–water partition coefficient (Wildman–Crippen LogP) is 2.69. The van der Waals surface area contributed by atoms with Gasteiger partial charge in [0.15, 0.2) is 17.3 Å². The van der Waals surface area contributed by atoms with Crippen molar-refractivity contribution in [3.05, 3.63) is 54.1 Å². The topological polar surface area (TPSA) is 191 Å². The number of nitriles is 1. The number of hydrogen-bond donors (Lipinski definition) is 4. The summed E-state index contributed by atoms with van der Waals surface area (Å²) in [5.41, 5.74) is 14.2. The number of hydrogen-bond acceptors (Lipinski definition) is 10. The Balaban J connectivity index is 1.51. The van der Waals surface area contributed by atoms with Crippen LogP contribution in [0.3, 0.4) is 0 Å². The molecule has 2 aromatic carbocycles. The average molecular weight is 516 g/mol. The van der Waals surface area contributed by atoms with E-state index in [1.165, 1.54) is 0 Å². The van der Waals surface area contributed by atoms with E-state index in [-0.39, 0.29) is 24.7 Å². The number of ketones is 1. The molecular formula is C26H29N9O3. The van der Waals surface area contributed by atoms with Crippen LogP contribution in [0.5, 0.6) is 0 Å². The van der Waals surface area contributed by atoms with Crippen LogP contribution in [0.15, 0.2) is 53.2 Å². The summed E-state index contributed by atoms with van der Waals surface area (Å²) in [5.74, 6) is 0.301. The van der Waals surface area contributed by atoms with Crippen molar-refractivity contribution in [1.29, 1.82) is 5.26 Å². The summed E-state index contributed by atoms with van der Waals surface area (Å²) >= 11 is 0. The van der Waals surface area contributed by atoms with Crippen molar-refractivity contribution in [2.24, 2.45) is 11.5 Å². The van der Waals surface area contributed by atoms with E-state index in [4.69, 9.17) is 21.4 Å². The first-order valence-electron chi connectivity index (χ1n) is 12.3. The number of unbranched alkanes of at least 4 members (excludes halogenated alkanes) is 1. The van der Waals surface area contributed by atoms with Gasteiger partial charge in [-0.15, -0.1) is 0 Å². The number of nitrogens with one attached hydrogen (secondary N) is 2. The minimum Gasteiger partial charge on any atom is -0.364 e. The van der Waals surface area contributed by atoms with Gasteiger partial charge < -0.3 is 26.7 Å². The van der Waals surface area contributed by atoms with Gasteiger partial charge in [-0.05, 0) is 66.1 Å². The van der Waals surface area contributed by atoms with Crippen molar-refractivity contribution in [3.63, 3.8) is 0 Å². The van der Waals surface area contributed by atoms with E-state index in [1.54, 1.807) is 28.8 Å². The monoisotopic (exact) mass is 515 g/mol. The van der Waals surface area contributed by atoms with E-state index >= 15 is 0 Å². The number of nitrogens with two attached hydrogens (primary N) is 2. The fourth-order valence-corrected chi connectivity index (χ4v) is 3.95. The number of aromatic nitrogens is 4. The fraction of sp³-hybridized carbons (Fsp3) is 0.308. The van der Waals surface area contributed by atoms with Gasteiger partial charge in [0.05, 0.1) is 36.1 Å². The molecule has 0 saturated heterocycles. The van der Waals surface area contributed by atoms with Crippen molar-refractivity contribution in [1.82, 2.24) is 19.9 Å². The number of para-hydroxylation sites is 2. The summed E-state index contributed by atoms with van der Waals surface area (Å²) in [6, 6.07) is 15.5. The number of nitrogens with zero attached hydrogens (tertiary/aromatic N) is 5. The number of carbonyl (C=O) groups is 2. The van der Waals surface area contributed by atoms with Gasteiger partial charge in [-0.3, -0.25) is 9.59 Å². The van der Waals surface area contributed by atoms with Crippen LogP contribution in [0.1, 0.15) is 36.0 Å². The molecule has 0 radical (unpaired) electrons. The van der Waals surface area contributed by atoms with Gasteiger partial charge in [0.25, 0.3) is 0 Å². The molecule has 2 aromatic heterocycles. The predicted molar refractivity (Wildman–Crippen MR) is 142 cm³/mol. The molecule has 0 aliphatic heterocycles. The summed E-state index contributed by atoms with van der Waals surface area (Å²) in [7, 11) is 0. The lowest BCUT2D eigenvalue weighted by Gasteiger charge is -2.12. The van der Waals surface area contributed by atoms with Crippen molar-refractivity contribution >= 4 is 34.2 Å². The quantitative estimate of drug-likeness (QED) is 0.152. The zero-order chi connectivity index (χ0) is 26.9. The van der Waals surface area contributed by atoms with Gasteiger partial charge >= 0.3 is 0 Å². The van der Waals surface area contributed by atoms with Crippen molar-refractivity contribution in [2.45, 2.75) is 38.3 Å². The Morgan fingerprint density at radius 3 is 2.66 bits per heavy atom. The minimum absolute atomic E-state index is 0.0158. The highest BCUT2D eigenvalue weighted by atomic mass is 16.6. The molecule has 4 aromatic rings. The number of imidazole rings is 1. The van der Waals surface area contributed by atoms with Gasteiger partial charge in [0.2, 0.25) is 11.7 Å². The molecule has 0 bridgehead atoms. The highest BCUT2D eigenvalue weighted by Crippen LogP contribution is 2.28. The Labute approximate surface area is 219 Å². The van der Waals surface area contributed by atoms with Gasteiger partial charge in [0.1, 0.15) is 0 Å². The van der Waals surface area contributed by atoms with Gasteiger partial charge in [-0.25, -0.2) is 9.61 Å². The number of benzene rings is 2.